The van der Waals surface area contributed by atoms with Gasteiger partial charge in [-0.3, -0.25) is 0 Å². The molecular weight excluding hydrogens is 238 g/mol. The van der Waals surface area contributed by atoms with Crippen LogP contribution in [-0.2, 0) is 6.54 Å². The zero-order valence-corrected chi connectivity index (χ0v) is 12.0. The number of rotatable bonds is 8. The summed E-state index contributed by atoms with van der Waals surface area (Å²) in [6.07, 6.45) is 4.28. The van der Waals surface area contributed by atoms with Crippen LogP contribution in [0.3, 0.4) is 0 Å². The van der Waals surface area contributed by atoms with E-state index in [9.17, 15) is 5.11 Å². The predicted molar refractivity (Wildman–Crippen MR) is 78.2 cm³/mol. The van der Waals surface area contributed by atoms with Crippen molar-refractivity contribution in [3.05, 3.63) is 23.9 Å². The molecule has 2 rings (SSSR count). The lowest BCUT2D eigenvalue weighted by Gasteiger charge is -2.25. The second kappa shape index (κ2) is 6.87. The van der Waals surface area contributed by atoms with Gasteiger partial charge in [0.05, 0.1) is 6.61 Å². The lowest BCUT2D eigenvalue weighted by Crippen LogP contribution is -2.31. The van der Waals surface area contributed by atoms with E-state index in [2.05, 4.69) is 35.1 Å². The Morgan fingerprint density at radius 1 is 1.47 bits per heavy atom. The molecule has 0 spiro atoms. The summed E-state index contributed by atoms with van der Waals surface area (Å²) in [7, 11) is 0. The van der Waals surface area contributed by atoms with Gasteiger partial charge in [0.15, 0.2) is 0 Å². The molecule has 1 saturated carbocycles. The number of aromatic nitrogens is 1. The van der Waals surface area contributed by atoms with Crippen LogP contribution in [0.5, 0.6) is 0 Å². The van der Waals surface area contributed by atoms with Crippen molar-refractivity contribution in [3.8, 4) is 0 Å². The van der Waals surface area contributed by atoms with Gasteiger partial charge < -0.3 is 15.3 Å². The fourth-order valence-corrected chi connectivity index (χ4v) is 2.28. The molecule has 1 fully saturated rings. The van der Waals surface area contributed by atoms with Gasteiger partial charge in [-0.1, -0.05) is 19.9 Å². The molecule has 0 saturated heterocycles. The molecule has 0 unspecified atom stereocenters. The Morgan fingerprint density at radius 3 is 2.89 bits per heavy atom. The minimum absolute atomic E-state index is 0.186. The largest absolute Gasteiger partial charge is 0.395 e. The second-order valence-corrected chi connectivity index (χ2v) is 5.66. The fourth-order valence-electron chi connectivity index (χ4n) is 2.28. The van der Waals surface area contributed by atoms with E-state index in [1.165, 1.54) is 18.4 Å². The first kappa shape index (κ1) is 14.3. The molecule has 1 aromatic rings. The lowest BCUT2D eigenvalue weighted by molar-refractivity contribution is 0.301. The molecular formula is C15H25N3O. The minimum atomic E-state index is 0.186. The maximum atomic E-state index is 9.23. The van der Waals surface area contributed by atoms with Crippen molar-refractivity contribution in [1.82, 2.24) is 10.3 Å². The van der Waals surface area contributed by atoms with E-state index >= 15 is 0 Å². The Bertz CT molecular complexity index is 391. The van der Waals surface area contributed by atoms with Crippen molar-refractivity contribution in [1.29, 1.82) is 0 Å². The summed E-state index contributed by atoms with van der Waals surface area (Å²) in [5.74, 6) is 1.69. The van der Waals surface area contributed by atoms with Crippen LogP contribution in [0.1, 0.15) is 32.3 Å². The Balaban J connectivity index is 2.05. The highest BCUT2D eigenvalue weighted by molar-refractivity contribution is 5.48. The summed E-state index contributed by atoms with van der Waals surface area (Å²) in [6.45, 7) is 7.14. The van der Waals surface area contributed by atoms with Gasteiger partial charge in [0.2, 0.25) is 0 Å². The van der Waals surface area contributed by atoms with Crippen LogP contribution in [0.25, 0.3) is 0 Å². The minimum Gasteiger partial charge on any atom is -0.395 e. The molecule has 4 nitrogen and oxygen atoms in total. The quantitative estimate of drug-likeness (QED) is 0.751. The molecule has 4 heteroatoms. The van der Waals surface area contributed by atoms with E-state index in [0.717, 1.165) is 18.9 Å². The SMILES string of the molecule is CC(C)CNCc1cccnc1N(CCO)C1CC1. The Hall–Kier alpha value is -1.13. The number of hydrogen-bond donors (Lipinski definition) is 2. The highest BCUT2D eigenvalue weighted by Crippen LogP contribution is 2.31. The molecule has 0 atom stereocenters. The zero-order valence-electron chi connectivity index (χ0n) is 12.0. The molecule has 19 heavy (non-hydrogen) atoms. The molecule has 0 amide bonds. The maximum Gasteiger partial charge on any atom is 0.133 e. The third kappa shape index (κ3) is 4.18. The van der Waals surface area contributed by atoms with Crippen molar-refractivity contribution >= 4 is 5.82 Å². The third-order valence-corrected chi connectivity index (χ3v) is 3.34. The van der Waals surface area contributed by atoms with Crippen LogP contribution in [0.4, 0.5) is 5.82 Å². The predicted octanol–water partition coefficient (Wildman–Crippen LogP) is 1.79. The highest BCUT2D eigenvalue weighted by atomic mass is 16.3. The van der Waals surface area contributed by atoms with E-state index in [-0.39, 0.29) is 6.61 Å². The van der Waals surface area contributed by atoms with Crippen molar-refractivity contribution in [2.45, 2.75) is 39.3 Å². The fraction of sp³-hybridized carbons (Fsp3) is 0.667. The number of aliphatic hydroxyl groups is 1. The molecule has 0 aromatic carbocycles. The molecule has 1 aromatic heterocycles. The van der Waals surface area contributed by atoms with Crippen LogP contribution < -0.4 is 10.2 Å². The van der Waals surface area contributed by atoms with Gasteiger partial charge in [-0.05, 0) is 31.4 Å². The topological polar surface area (TPSA) is 48.4 Å². The molecule has 106 valence electrons. The normalized spacial score (nSPS) is 14.9. The summed E-state index contributed by atoms with van der Waals surface area (Å²) in [6, 6.07) is 4.69. The summed E-state index contributed by atoms with van der Waals surface area (Å²) in [5, 5.41) is 12.7. The van der Waals surface area contributed by atoms with E-state index < -0.39 is 0 Å². The van der Waals surface area contributed by atoms with Gasteiger partial charge >= 0.3 is 0 Å². The van der Waals surface area contributed by atoms with Gasteiger partial charge in [-0.15, -0.1) is 0 Å². The Morgan fingerprint density at radius 2 is 2.26 bits per heavy atom. The molecule has 0 radical (unpaired) electrons. The molecule has 1 aliphatic carbocycles. The second-order valence-electron chi connectivity index (χ2n) is 5.66. The number of anilines is 1. The van der Waals surface area contributed by atoms with E-state index in [4.69, 9.17) is 0 Å². The monoisotopic (exact) mass is 263 g/mol. The number of nitrogens with one attached hydrogen (secondary N) is 1. The van der Waals surface area contributed by atoms with Crippen LogP contribution in [0.2, 0.25) is 0 Å². The Labute approximate surface area is 115 Å². The summed E-state index contributed by atoms with van der Waals surface area (Å²) >= 11 is 0. The standard InChI is InChI=1S/C15H25N3O/c1-12(2)10-16-11-13-4-3-7-17-15(13)18(8-9-19)14-5-6-14/h3-4,7,12,14,16,19H,5-6,8-11H2,1-2H3. The van der Waals surface area contributed by atoms with E-state index in [0.29, 0.717) is 18.5 Å². The number of nitrogens with zero attached hydrogens (tertiary/aromatic N) is 2. The third-order valence-electron chi connectivity index (χ3n) is 3.34. The average molecular weight is 263 g/mol. The first-order chi connectivity index (χ1) is 9.22. The van der Waals surface area contributed by atoms with Crippen molar-refractivity contribution < 1.29 is 5.11 Å². The summed E-state index contributed by atoms with van der Waals surface area (Å²) < 4.78 is 0. The number of pyridine rings is 1. The van der Waals surface area contributed by atoms with Crippen LogP contribution in [0, 0.1) is 5.92 Å². The molecule has 2 N–H and O–H groups in total. The van der Waals surface area contributed by atoms with Gasteiger partial charge in [-0.25, -0.2) is 4.98 Å². The van der Waals surface area contributed by atoms with Gasteiger partial charge in [0, 0.05) is 30.9 Å². The van der Waals surface area contributed by atoms with Crippen molar-refractivity contribution in [3.63, 3.8) is 0 Å². The van der Waals surface area contributed by atoms with Crippen molar-refractivity contribution in [2.24, 2.45) is 5.92 Å². The Kier molecular flexibility index (Phi) is 5.16. The number of hydrogen-bond acceptors (Lipinski definition) is 4. The first-order valence-corrected chi connectivity index (χ1v) is 7.24. The highest BCUT2D eigenvalue weighted by Gasteiger charge is 2.30. The molecule has 0 aliphatic heterocycles. The smallest absolute Gasteiger partial charge is 0.133 e. The van der Waals surface area contributed by atoms with Gasteiger partial charge in [-0.2, -0.15) is 0 Å². The molecule has 0 bridgehead atoms. The molecule has 1 aliphatic rings. The summed E-state index contributed by atoms with van der Waals surface area (Å²) in [4.78, 5) is 6.79. The van der Waals surface area contributed by atoms with E-state index in [1.807, 2.05) is 12.3 Å². The first-order valence-electron chi connectivity index (χ1n) is 7.24. The summed E-state index contributed by atoms with van der Waals surface area (Å²) in [5.41, 5.74) is 1.23. The lowest BCUT2D eigenvalue weighted by atomic mass is 10.2. The molecule has 1 heterocycles. The average Bonchev–Trinajstić information content (AvgIpc) is 3.21. The number of aliphatic hydroxyl groups excluding tert-OH is 1. The van der Waals surface area contributed by atoms with Crippen molar-refractivity contribution in [2.75, 3.05) is 24.6 Å². The van der Waals surface area contributed by atoms with Crippen LogP contribution in [0.15, 0.2) is 18.3 Å². The van der Waals surface area contributed by atoms with Crippen LogP contribution >= 0.6 is 0 Å². The van der Waals surface area contributed by atoms with E-state index in [1.54, 1.807) is 0 Å². The zero-order chi connectivity index (χ0) is 13.7. The van der Waals surface area contributed by atoms with Gasteiger partial charge in [0.1, 0.15) is 5.82 Å². The maximum absolute atomic E-state index is 9.23. The van der Waals surface area contributed by atoms with Crippen LogP contribution in [-0.4, -0.2) is 35.8 Å². The van der Waals surface area contributed by atoms with Gasteiger partial charge in [0.25, 0.3) is 0 Å².